The normalized spacial score (nSPS) is 23.4. The number of phenols is 3. The zero-order valence-corrected chi connectivity index (χ0v) is 19.9. The van der Waals surface area contributed by atoms with Crippen molar-refractivity contribution in [3.8, 4) is 34.3 Å². The number of carbonyl (C=O) groups excluding carboxylic acids is 2. The van der Waals surface area contributed by atoms with Crippen molar-refractivity contribution in [1.82, 2.24) is 0 Å². The van der Waals surface area contributed by atoms with Crippen molar-refractivity contribution in [3.05, 3.63) is 46.6 Å². The molecule has 1 fully saturated rings. The monoisotopic (exact) mass is 516 g/mol. The standard InChI is InChI=1S/C25H24O12/c1-10-21(34-11(2)26)24(35-12(3)27)20(32)25(33-10)37-23-19(31)18-16(30)8-15(29)9-17(18)36-22(23)13-4-6-14(28)7-5-13/h4-10,20-21,24-25,28-30,32H,1-3H3. The Labute approximate surface area is 209 Å². The third kappa shape index (κ3) is 5.15. The topological polar surface area (TPSA) is 182 Å². The largest absolute Gasteiger partial charge is 0.508 e. The number of benzene rings is 2. The van der Waals surface area contributed by atoms with Crippen LogP contribution < -0.4 is 10.2 Å². The van der Waals surface area contributed by atoms with Crippen LogP contribution in [-0.2, 0) is 23.8 Å². The molecule has 0 saturated carbocycles. The van der Waals surface area contributed by atoms with Crippen LogP contribution in [0.4, 0.5) is 0 Å². The smallest absolute Gasteiger partial charge is 0.303 e. The second-order valence-corrected chi connectivity index (χ2v) is 8.44. The van der Waals surface area contributed by atoms with Gasteiger partial charge in [-0.1, -0.05) is 0 Å². The highest BCUT2D eigenvalue weighted by atomic mass is 16.7. The fraction of sp³-hybridized carbons (Fsp3) is 0.320. The number of hydrogen-bond acceptors (Lipinski definition) is 12. The summed E-state index contributed by atoms with van der Waals surface area (Å²) in [6.07, 6.45) is -6.85. The maximum Gasteiger partial charge on any atom is 0.303 e. The van der Waals surface area contributed by atoms with Crippen molar-refractivity contribution >= 4 is 22.9 Å². The molecule has 0 bridgehead atoms. The summed E-state index contributed by atoms with van der Waals surface area (Å²) in [6, 6.07) is 7.58. The van der Waals surface area contributed by atoms with Gasteiger partial charge in [0, 0.05) is 31.5 Å². The van der Waals surface area contributed by atoms with Crippen molar-refractivity contribution in [2.24, 2.45) is 0 Å². The molecule has 196 valence electrons. The Kier molecular flexibility index (Phi) is 6.96. The Balaban J connectivity index is 1.83. The fourth-order valence-corrected chi connectivity index (χ4v) is 4.06. The van der Waals surface area contributed by atoms with E-state index < -0.39 is 59.6 Å². The Hall–Kier alpha value is -4.29. The van der Waals surface area contributed by atoms with Gasteiger partial charge in [-0.3, -0.25) is 14.4 Å². The number of aliphatic hydroxyl groups excluding tert-OH is 1. The van der Waals surface area contributed by atoms with Crippen LogP contribution in [-0.4, -0.2) is 63.1 Å². The van der Waals surface area contributed by atoms with E-state index in [9.17, 15) is 34.8 Å². The predicted octanol–water partition coefficient (Wildman–Crippen LogP) is 1.92. The number of aliphatic hydroxyl groups is 1. The molecule has 0 radical (unpaired) electrons. The minimum absolute atomic E-state index is 0.0646. The molecular formula is C25H24O12. The van der Waals surface area contributed by atoms with Crippen LogP contribution in [0, 0.1) is 0 Å². The van der Waals surface area contributed by atoms with Crippen molar-refractivity contribution in [2.45, 2.75) is 51.5 Å². The molecule has 1 aromatic heterocycles. The fourth-order valence-electron chi connectivity index (χ4n) is 4.06. The molecule has 37 heavy (non-hydrogen) atoms. The van der Waals surface area contributed by atoms with Crippen LogP contribution in [0.3, 0.4) is 0 Å². The number of rotatable bonds is 5. The van der Waals surface area contributed by atoms with Gasteiger partial charge in [-0.05, 0) is 31.2 Å². The van der Waals surface area contributed by atoms with Gasteiger partial charge in [0.2, 0.25) is 17.5 Å². The van der Waals surface area contributed by atoms with Crippen molar-refractivity contribution in [3.63, 3.8) is 0 Å². The highest BCUT2D eigenvalue weighted by Crippen LogP contribution is 2.37. The molecule has 4 N–H and O–H groups in total. The Bertz CT molecular complexity index is 1390. The third-order valence-corrected chi connectivity index (χ3v) is 5.64. The van der Waals surface area contributed by atoms with Gasteiger partial charge in [-0.15, -0.1) is 0 Å². The van der Waals surface area contributed by atoms with Gasteiger partial charge < -0.3 is 43.8 Å². The highest BCUT2D eigenvalue weighted by Gasteiger charge is 2.49. The van der Waals surface area contributed by atoms with Gasteiger partial charge in [-0.25, -0.2) is 0 Å². The van der Waals surface area contributed by atoms with Gasteiger partial charge in [-0.2, -0.15) is 0 Å². The van der Waals surface area contributed by atoms with Gasteiger partial charge in [0.25, 0.3) is 0 Å². The molecule has 4 rings (SSSR count). The molecule has 0 amide bonds. The number of aromatic hydroxyl groups is 3. The molecule has 5 atom stereocenters. The molecule has 2 aromatic carbocycles. The third-order valence-electron chi connectivity index (χ3n) is 5.64. The zero-order chi connectivity index (χ0) is 27.0. The summed E-state index contributed by atoms with van der Waals surface area (Å²) in [5, 5.41) is 40.5. The molecule has 1 saturated heterocycles. The average Bonchev–Trinajstić information content (AvgIpc) is 2.80. The molecular weight excluding hydrogens is 492 g/mol. The highest BCUT2D eigenvalue weighted by molar-refractivity contribution is 5.88. The summed E-state index contributed by atoms with van der Waals surface area (Å²) in [4.78, 5) is 36.8. The number of carbonyl (C=O) groups is 2. The van der Waals surface area contributed by atoms with Crippen LogP contribution in [0.1, 0.15) is 20.8 Å². The lowest BCUT2D eigenvalue weighted by atomic mass is 9.99. The summed E-state index contributed by atoms with van der Waals surface area (Å²) in [5.74, 6) is -3.14. The second kappa shape index (κ2) is 9.99. The van der Waals surface area contributed by atoms with Crippen LogP contribution in [0.25, 0.3) is 22.3 Å². The Morgan fingerprint density at radius 2 is 1.54 bits per heavy atom. The molecule has 2 heterocycles. The average molecular weight is 516 g/mol. The minimum atomic E-state index is -1.72. The molecule has 12 nitrogen and oxygen atoms in total. The lowest BCUT2D eigenvalue weighted by Gasteiger charge is -2.41. The van der Waals surface area contributed by atoms with E-state index in [0.717, 1.165) is 26.0 Å². The molecule has 5 unspecified atom stereocenters. The molecule has 0 aliphatic carbocycles. The van der Waals surface area contributed by atoms with E-state index >= 15 is 0 Å². The van der Waals surface area contributed by atoms with Gasteiger partial charge >= 0.3 is 11.9 Å². The summed E-state index contributed by atoms with van der Waals surface area (Å²) in [6.45, 7) is 3.73. The first kappa shape index (κ1) is 25.8. The molecule has 3 aromatic rings. The molecule has 1 aliphatic heterocycles. The van der Waals surface area contributed by atoms with E-state index in [4.69, 9.17) is 23.4 Å². The minimum Gasteiger partial charge on any atom is -0.508 e. The lowest BCUT2D eigenvalue weighted by Crippen LogP contribution is -2.61. The van der Waals surface area contributed by atoms with E-state index in [1.807, 2.05) is 0 Å². The number of fused-ring (bicyclic) bond motifs is 1. The first-order valence-electron chi connectivity index (χ1n) is 11.1. The van der Waals surface area contributed by atoms with E-state index in [1.165, 1.54) is 31.2 Å². The van der Waals surface area contributed by atoms with E-state index in [2.05, 4.69) is 0 Å². The Morgan fingerprint density at radius 1 is 0.919 bits per heavy atom. The first-order valence-corrected chi connectivity index (χ1v) is 11.1. The lowest BCUT2D eigenvalue weighted by molar-refractivity contribution is -0.276. The maximum atomic E-state index is 13.5. The predicted molar refractivity (Wildman–Crippen MR) is 125 cm³/mol. The summed E-state index contributed by atoms with van der Waals surface area (Å²) in [5.41, 5.74) is -0.761. The second-order valence-electron chi connectivity index (χ2n) is 8.44. The number of ether oxygens (including phenoxy) is 4. The van der Waals surface area contributed by atoms with E-state index in [0.29, 0.717) is 0 Å². The Morgan fingerprint density at radius 3 is 2.16 bits per heavy atom. The first-order chi connectivity index (χ1) is 17.5. The van der Waals surface area contributed by atoms with Crippen molar-refractivity contribution < 1.29 is 53.4 Å². The number of phenolic OH excluding ortho intramolecular Hbond substituents is 3. The van der Waals surface area contributed by atoms with Gasteiger partial charge in [0.15, 0.2) is 24.1 Å². The van der Waals surface area contributed by atoms with Crippen molar-refractivity contribution in [2.75, 3.05) is 0 Å². The SMILES string of the molecule is CC(=O)OC1C(C)OC(Oc2c(-c3ccc(O)cc3)oc3cc(O)cc(O)c3c2=O)C(O)C1OC(C)=O. The summed E-state index contributed by atoms with van der Waals surface area (Å²) in [7, 11) is 0. The number of hydrogen-bond donors (Lipinski definition) is 4. The van der Waals surface area contributed by atoms with Crippen LogP contribution in [0.15, 0.2) is 45.6 Å². The van der Waals surface area contributed by atoms with Crippen LogP contribution >= 0.6 is 0 Å². The zero-order valence-electron chi connectivity index (χ0n) is 19.9. The van der Waals surface area contributed by atoms with Crippen LogP contribution in [0.5, 0.6) is 23.0 Å². The van der Waals surface area contributed by atoms with Gasteiger partial charge in [0.1, 0.15) is 28.2 Å². The van der Waals surface area contributed by atoms with E-state index in [1.54, 1.807) is 0 Å². The number of esters is 2. The molecule has 1 aliphatic rings. The van der Waals surface area contributed by atoms with Crippen LogP contribution in [0.2, 0.25) is 0 Å². The summed E-state index contributed by atoms with van der Waals surface area (Å²) < 4.78 is 27.7. The van der Waals surface area contributed by atoms with Gasteiger partial charge in [0.05, 0.1) is 6.10 Å². The molecule has 12 heteroatoms. The molecule has 0 spiro atoms. The van der Waals surface area contributed by atoms with E-state index in [-0.39, 0.29) is 33.8 Å². The quantitative estimate of drug-likeness (QED) is 0.362. The van der Waals surface area contributed by atoms with Crippen molar-refractivity contribution in [1.29, 1.82) is 0 Å². The maximum absolute atomic E-state index is 13.5. The summed E-state index contributed by atoms with van der Waals surface area (Å²) >= 11 is 0.